The quantitative estimate of drug-likeness (QED) is 0.642. The molecule has 168 valence electrons. The summed E-state index contributed by atoms with van der Waals surface area (Å²) >= 11 is 0. The third kappa shape index (κ3) is 4.54. The summed E-state index contributed by atoms with van der Waals surface area (Å²) in [6, 6.07) is 9.13. The summed E-state index contributed by atoms with van der Waals surface area (Å²) < 4.78 is 1.85. The number of carbonyl (C=O) groups excluding carboxylic acids is 2. The number of hydrogen-bond donors (Lipinski definition) is 1. The molecular formula is C22H28N8O2. The average molecular weight is 437 g/mol. The van der Waals surface area contributed by atoms with E-state index in [4.69, 9.17) is 0 Å². The molecule has 0 unspecified atom stereocenters. The number of hydrogen-bond acceptors (Lipinski definition) is 6. The summed E-state index contributed by atoms with van der Waals surface area (Å²) in [5.41, 5.74) is 2.12. The topological polar surface area (TPSA) is 99.0 Å². The number of carbonyl (C=O) groups is 2. The molecule has 10 nitrogen and oxygen atoms in total. The van der Waals surface area contributed by atoms with Gasteiger partial charge in [-0.2, -0.15) is 0 Å². The number of likely N-dealkylation sites (N-methyl/N-ethyl adjacent to an activating group) is 1. The molecule has 0 bridgehead atoms. The fourth-order valence-electron chi connectivity index (χ4n) is 3.83. The Morgan fingerprint density at radius 2 is 2.00 bits per heavy atom. The summed E-state index contributed by atoms with van der Waals surface area (Å²) in [4.78, 5) is 35.0. The summed E-state index contributed by atoms with van der Waals surface area (Å²) in [6.07, 6.45) is 4.17. The van der Waals surface area contributed by atoms with Crippen LogP contribution in [0.25, 0.3) is 5.65 Å². The standard InChI is InChI=1S/C22H28N8O2/c1-27(2)22(32)29-13-12-28(3)18(15-29)20-26-25-19-8-7-16(14-30(19)20)21(31)24-11-9-17-6-4-5-10-23-17/h4-8,10,14,18H,9,11-13,15H2,1-3H3,(H,24,31)/t18-/m1/s1. The number of rotatable bonds is 5. The Labute approximate surface area is 186 Å². The third-order valence-corrected chi connectivity index (χ3v) is 5.68. The maximum atomic E-state index is 12.7. The summed E-state index contributed by atoms with van der Waals surface area (Å²) in [5, 5.41) is 11.6. The number of urea groups is 1. The lowest BCUT2D eigenvalue weighted by Crippen LogP contribution is -2.52. The van der Waals surface area contributed by atoms with E-state index in [-0.39, 0.29) is 18.0 Å². The zero-order chi connectivity index (χ0) is 22.7. The van der Waals surface area contributed by atoms with Gasteiger partial charge in [0.1, 0.15) is 0 Å². The lowest BCUT2D eigenvalue weighted by Gasteiger charge is -2.39. The van der Waals surface area contributed by atoms with Crippen LogP contribution in [0.3, 0.4) is 0 Å². The SMILES string of the molecule is CN(C)C(=O)N1CCN(C)[C@@H](c2nnc3ccc(C(=O)NCCc4ccccn4)cn23)C1. The zero-order valence-corrected chi connectivity index (χ0v) is 18.6. The van der Waals surface area contributed by atoms with Crippen LogP contribution >= 0.6 is 0 Å². The number of fused-ring (bicyclic) bond motifs is 1. The molecule has 0 radical (unpaired) electrons. The van der Waals surface area contributed by atoms with Crippen molar-refractivity contribution in [2.24, 2.45) is 0 Å². The second kappa shape index (κ2) is 9.31. The Kier molecular flexibility index (Phi) is 6.31. The van der Waals surface area contributed by atoms with E-state index in [2.05, 4.69) is 25.4 Å². The van der Waals surface area contributed by atoms with Gasteiger partial charge in [-0.1, -0.05) is 6.07 Å². The largest absolute Gasteiger partial charge is 0.352 e. The van der Waals surface area contributed by atoms with Crippen molar-refractivity contribution in [2.45, 2.75) is 12.5 Å². The average Bonchev–Trinajstić information content (AvgIpc) is 3.22. The second-order valence-electron chi connectivity index (χ2n) is 8.15. The van der Waals surface area contributed by atoms with Gasteiger partial charge in [-0.25, -0.2) is 4.79 Å². The Morgan fingerprint density at radius 1 is 1.16 bits per heavy atom. The van der Waals surface area contributed by atoms with Gasteiger partial charge >= 0.3 is 6.03 Å². The minimum absolute atomic E-state index is 0.0232. The van der Waals surface area contributed by atoms with E-state index in [1.807, 2.05) is 34.5 Å². The number of aromatic nitrogens is 4. The van der Waals surface area contributed by atoms with Crippen LogP contribution in [0.4, 0.5) is 4.79 Å². The molecule has 1 N–H and O–H groups in total. The lowest BCUT2D eigenvalue weighted by atomic mass is 10.1. The minimum Gasteiger partial charge on any atom is -0.352 e. The molecule has 1 saturated heterocycles. The van der Waals surface area contributed by atoms with Crippen LogP contribution in [-0.2, 0) is 6.42 Å². The lowest BCUT2D eigenvalue weighted by molar-refractivity contribution is 0.0933. The van der Waals surface area contributed by atoms with E-state index in [0.717, 1.165) is 12.2 Å². The molecule has 4 heterocycles. The molecule has 1 atom stereocenters. The predicted octanol–water partition coefficient (Wildman–Crippen LogP) is 1.07. The monoisotopic (exact) mass is 436 g/mol. The molecule has 0 spiro atoms. The predicted molar refractivity (Wildman–Crippen MR) is 119 cm³/mol. The highest BCUT2D eigenvalue weighted by atomic mass is 16.2. The fourth-order valence-corrected chi connectivity index (χ4v) is 3.83. The van der Waals surface area contributed by atoms with Crippen molar-refractivity contribution in [3.05, 3.63) is 59.8 Å². The van der Waals surface area contributed by atoms with E-state index < -0.39 is 0 Å². The molecule has 1 aliphatic heterocycles. The Hall–Kier alpha value is -3.53. The molecule has 0 saturated carbocycles. The van der Waals surface area contributed by atoms with Crippen molar-refractivity contribution in [1.82, 2.24) is 39.6 Å². The first-order chi connectivity index (χ1) is 15.4. The highest BCUT2D eigenvalue weighted by Crippen LogP contribution is 2.24. The zero-order valence-electron chi connectivity index (χ0n) is 18.6. The van der Waals surface area contributed by atoms with E-state index in [1.165, 1.54) is 0 Å². The highest BCUT2D eigenvalue weighted by molar-refractivity contribution is 5.94. The number of piperazine rings is 1. The van der Waals surface area contributed by atoms with E-state index >= 15 is 0 Å². The van der Waals surface area contributed by atoms with E-state index in [9.17, 15) is 9.59 Å². The Balaban J connectivity index is 1.50. The Bertz CT molecular complexity index is 1100. The molecular weight excluding hydrogens is 408 g/mol. The van der Waals surface area contributed by atoms with Crippen LogP contribution in [0, 0.1) is 0 Å². The van der Waals surface area contributed by atoms with Crippen molar-refractivity contribution < 1.29 is 9.59 Å². The summed E-state index contributed by atoms with van der Waals surface area (Å²) in [7, 11) is 5.51. The van der Waals surface area contributed by atoms with Gasteiger partial charge in [-0.15, -0.1) is 10.2 Å². The molecule has 3 aromatic heterocycles. The second-order valence-corrected chi connectivity index (χ2v) is 8.15. The molecule has 4 rings (SSSR count). The van der Waals surface area contributed by atoms with Crippen molar-refractivity contribution >= 4 is 17.6 Å². The molecule has 10 heteroatoms. The van der Waals surface area contributed by atoms with E-state index in [1.54, 1.807) is 43.5 Å². The van der Waals surface area contributed by atoms with Crippen LogP contribution in [-0.4, -0.2) is 93.5 Å². The molecule has 0 aromatic carbocycles. The van der Waals surface area contributed by atoms with Gasteiger partial charge in [0.15, 0.2) is 11.5 Å². The van der Waals surface area contributed by atoms with Crippen molar-refractivity contribution in [3.8, 4) is 0 Å². The van der Waals surface area contributed by atoms with Gasteiger partial charge < -0.3 is 15.1 Å². The van der Waals surface area contributed by atoms with Crippen molar-refractivity contribution in [1.29, 1.82) is 0 Å². The Morgan fingerprint density at radius 3 is 2.75 bits per heavy atom. The number of pyridine rings is 2. The molecule has 3 aromatic rings. The van der Waals surface area contributed by atoms with Crippen LogP contribution in [0.15, 0.2) is 42.7 Å². The minimum atomic E-state index is -0.163. The van der Waals surface area contributed by atoms with E-state index in [0.29, 0.717) is 43.1 Å². The van der Waals surface area contributed by atoms with Crippen LogP contribution in [0.5, 0.6) is 0 Å². The molecule has 1 fully saturated rings. The molecule has 1 aliphatic rings. The normalized spacial score (nSPS) is 16.8. The van der Waals surface area contributed by atoms with Gasteiger partial charge in [0.05, 0.1) is 11.6 Å². The first-order valence-electron chi connectivity index (χ1n) is 10.6. The van der Waals surface area contributed by atoms with Crippen LogP contribution in [0.2, 0.25) is 0 Å². The molecule has 3 amide bonds. The first-order valence-corrected chi connectivity index (χ1v) is 10.6. The van der Waals surface area contributed by atoms with Gasteiger partial charge in [0, 0.05) is 64.8 Å². The van der Waals surface area contributed by atoms with Crippen LogP contribution in [0.1, 0.15) is 27.9 Å². The first kappa shape index (κ1) is 21.7. The summed E-state index contributed by atoms with van der Waals surface area (Å²) in [6.45, 7) is 2.39. The number of nitrogens with one attached hydrogen (secondary N) is 1. The summed E-state index contributed by atoms with van der Waals surface area (Å²) in [5.74, 6) is 0.547. The third-order valence-electron chi connectivity index (χ3n) is 5.68. The van der Waals surface area contributed by atoms with Gasteiger partial charge in [-0.3, -0.25) is 19.1 Å². The smallest absolute Gasteiger partial charge is 0.319 e. The number of nitrogens with zero attached hydrogens (tertiary/aromatic N) is 7. The number of amides is 3. The highest BCUT2D eigenvalue weighted by Gasteiger charge is 2.32. The maximum Gasteiger partial charge on any atom is 0.319 e. The fraction of sp³-hybridized carbons (Fsp3) is 0.409. The molecule has 32 heavy (non-hydrogen) atoms. The van der Waals surface area contributed by atoms with Gasteiger partial charge in [0.2, 0.25) is 0 Å². The van der Waals surface area contributed by atoms with Crippen LogP contribution < -0.4 is 5.32 Å². The van der Waals surface area contributed by atoms with Gasteiger partial charge in [0.25, 0.3) is 5.91 Å². The van der Waals surface area contributed by atoms with Crippen molar-refractivity contribution in [3.63, 3.8) is 0 Å². The molecule has 0 aliphatic carbocycles. The maximum absolute atomic E-state index is 12.7. The van der Waals surface area contributed by atoms with Gasteiger partial charge in [-0.05, 0) is 31.3 Å². The van der Waals surface area contributed by atoms with Crippen molar-refractivity contribution in [2.75, 3.05) is 47.3 Å².